The smallest absolute Gasteiger partial charge is 0.356 e. The summed E-state index contributed by atoms with van der Waals surface area (Å²) < 4.78 is 70.6. The summed E-state index contributed by atoms with van der Waals surface area (Å²) in [7, 11) is -3.92. The number of H-pyrrole nitrogens is 1. The van der Waals surface area contributed by atoms with Crippen molar-refractivity contribution >= 4 is 27.0 Å². The average molecular weight is 440 g/mol. The molecule has 0 unspecified atom stereocenters. The molecule has 12 heteroatoms. The Hall–Kier alpha value is -3.12. The fraction of sp³-hybridized carbons (Fsp3) is 0.0588. The minimum atomic E-state index is -4.56. The summed E-state index contributed by atoms with van der Waals surface area (Å²) in [6.45, 7) is 0. The van der Waals surface area contributed by atoms with Crippen LogP contribution < -0.4 is 4.72 Å². The predicted molar refractivity (Wildman–Crippen MR) is 99.7 cm³/mol. The van der Waals surface area contributed by atoms with Crippen LogP contribution in [0.2, 0.25) is 0 Å². The lowest BCUT2D eigenvalue weighted by atomic mass is 10.1. The number of alkyl halides is 3. The molecule has 29 heavy (non-hydrogen) atoms. The highest BCUT2D eigenvalue weighted by molar-refractivity contribution is 7.94. The number of nitrogens with zero attached hydrogens (tertiary/aromatic N) is 2. The molecule has 1 aromatic carbocycles. The monoisotopic (exact) mass is 440 g/mol. The first-order valence-electron chi connectivity index (χ1n) is 7.99. The lowest BCUT2D eigenvalue weighted by Gasteiger charge is -2.06. The third-order valence-electron chi connectivity index (χ3n) is 3.84. The fourth-order valence-electron chi connectivity index (χ4n) is 2.47. The Morgan fingerprint density at radius 1 is 1.07 bits per heavy atom. The second-order valence-corrected chi connectivity index (χ2v) is 8.84. The maximum atomic E-state index is 12.7. The summed E-state index contributed by atoms with van der Waals surface area (Å²) >= 11 is 0.814. The van der Waals surface area contributed by atoms with Crippen LogP contribution in [0.25, 0.3) is 21.9 Å². The van der Waals surface area contributed by atoms with Gasteiger partial charge in [-0.05, 0) is 42.5 Å². The van der Waals surface area contributed by atoms with Crippen LogP contribution in [0.1, 0.15) is 5.69 Å². The molecule has 0 amide bonds. The van der Waals surface area contributed by atoms with E-state index in [0.29, 0.717) is 11.4 Å². The average Bonchev–Trinajstić information content (AvgIpc) is 3.40. The molecule has 4 rings (SSSR count). The standard InChI is InChI=1S/C17H11F3N4O3S2/c18-17(19,20)15-9-12(22-23-15)14-5-6-16(28-14)29(25,26)24-11-3-1-10(2-4-11)13-7-8-21-27-13/h1-9,24H,(H,22,23). The highest BCUT2D eigenvalue weighted by Gasteiger charge is 2.33. The van der Waals surface area contributed by atoms with E-state index in [1.807, 2.05) is 5.10 Å². The van der Waals surface area contributed by atoms with Gasteiger partial charge in [0.25, 0.3) is 10.0 Å². The van der Waals surface area contributed by atoms with E-state index in [1.165, 1.54) is 18.3 Å². The first-order valence-corrected chi connectivity index (χ1v) is 10.3. The van der Waals surface area contributed by atoms with Crippen molar-refractivity contribution in [2.24, 2.45) is 0 Å². The summed E-state index contributed by atoms with van der Waals surface area (Å²) in [4.78, 5) is 0.290. The van der Waals surface area contributed by atoms with Gasteiger partial charge in [-0.25, -0.2) is 8.42 Å². The lowest BCUT2D eigenvalue weighted by Crippen LogP contribution is -2.11. The van der Waals surface area contributed by atoms with Gasteiger partial charge in [-0.15, -0.1) is 11.3 Å². The van der Waals surface area contributed by atoms with Gasteiger partial charge in [0, 0.05) is 17.3 Å². The molecule has 3 heterocycles. The second kappa shape index (κ2) is 7.04. The number of anilines is 1. The van der Waals surface area contributed by atoms with Crippen molar-refractivity contribution in [1.29, 1.82) is 0 Å². The van der Waals surface area contributed by atoms with E-state index in [1.54, 1.807) is 30.3 Å². The molecule has 0 aliphatic rings. The van der Waals surface area contributed by atoms with Gasteiger partial charge in [0.15, 0.2) is 5.76 Å². The third kappa shape index (κ3) is 4.03. The number of aromatic nitrogens is 3. The van der Waals surface area contributed by atoms with Gasteiger partial charge in [-0.1, -0.05) is 5.16 Å². The number of benzene rings is 1. The van der Waals surface area contributed by atoms with Crippen molar-refractivity contribution < 1.29 is 26.1 Å². The van der Waals surface area contributed by atoms with Gasteiger partial charge in [-0.3, -0.25) is 9.82 Å². The molecule has 0 saturated carbocycles. The Kier molecular flexibility index (Phi) is 4.67. The summed E-state index contributed by atoms with van der Waals surface area (Å²) in [5.41, 5.74) is 0.0562. The maximum absolute atomic E-state index is 12.7. The zero-order chi connectivity index (χ0) is 20.6. The molecule has 4 aromatic rings. The zero-order valence-electron chi connectivity index (χ0n) is 14.3. The molecule has 7 nitrogen and oxygen atoms in total. The van der Waals surface area contributed by atoms with Crippen LogP contribution in [-0.2, 0) is 16.2 Å². The normalized spacial score (nSPS) is 12.2. The van der Waals surface area contributed by atoms with Crippen LogP contribution in [-0.4, -0.2) is 23.8 Å². The van der Waals surface area contributed by atoms with Crippen molar-refractivity contribution in [1.82, 2.24) is 15.4 Å². The van der Waals surface area contributed by atoms with E-state index in [-0.39, 0.29) is 14.8 Å². The molecule has 0 radical (unpaired) electrons. The second-order valence-electron chi connectivity index (χ2n) is 5.84. The molecule has 0 atom stereocenters. The van der Waals surface area contributed by atoms with E-state index >= 15 is 0 Å². The number of rotatable bonds is 5. The van der Waals surface area contributed by atoms with Gasteiger partial charge >= 0.3 is 6.18 Å². The van der Waals surface area contributed by atoms with Crippen molar-refractivity contribution in [3.63, 3.8) is 0 Å². The lowest BCUT2D eigenvalue weighted by molar-refractivity contribution is -0.141. The largest absolute Gasteiger partial charge is 0.432 e. The number of aromatic amines is 1. The Labute approximate surface area is 166 Å². The molecule has 0 aliphatic heterocycles. The van der Waals surface area contributed by atoms with Crippen molar-refractivity contribution in [2.75, 3.05) is 4.72 Å². The van der Waals surface area contributed by atoms with Crippen molar-refractivity contribution in [2.45, 2.75) is 10.4 Å². The van der Waals surface area contributed by atoms with Crippen LogP contribution in [0.3, 0.4) is 0 Å². The quantitative estimate of drug-likeness (QED) is 0.472. The minimum Gasteiger partial charge on any atom is -0.356 e. The minimum absolute atomic E-state index is 0.0141. The molecule has 0 fully saturated rings. The van der Waals surface area contributed by atoms with Gasteiger partial charge in [0.1, 0.15) is 15.6 Å². The molecular formula is C17H11F3N4O3S2. The van der Waals surface area contributed by atoms with E-state index in [0.717, 1.165) is 23.0 Å². The molecule has 0 bridgehead atoms. The van der Waals surface area contributed by atoms with Gasteiger partial charge in [0.2, 0.25) is 0 Å². The highest BCUT2D eigenvalue weighted by atomic mass is 32.2. The molecule has 0 saturated heterocycles. The van der Waals surface area contributed by atoms with Gasteiger partial charge in [-0.2, -0.15) is 18.3 Å². The van der Waals surface area contributed by atoms with Gasteiger partial charge in [0.05, 0.1) is 11.1 Å². The van der Waals surface area contributed by atoms with Crippen molar-refractivity contribution in [3.8, 4) is 21.9 Å². The molecule has 150 valence electrons. The van der Waals surface area contributed by atoms with Crippen LogP contribution in [0.15, 0.2) is 63.5 Å². The van der Waals surface area contributed by atoms with E-state index in [2.05, 4.69) is 15.0 Å². The first kappa shape index (κ1) is 19.2. The number of nitrogens with one attached hydrogen (secondary N) is 2. The summed E-state index contributed by atoms with van der Waals surface area (Å²) in [5.74, 6) is 0.541. The number of hydrogen-bond acceptors (Lipinski definition) is 6. The highest BCUT2D eigenvalue weighted by Crippen LogP contribution is 2.34. The van der Waals surface area contributed by atoms with Crippen LogP contribution >= 0.6 is 11.3 Å². The van der Waals surface area contributed by atoms with E-state index in [9.17, 15) is 21.6 Å². The van der Waals surface area contributed by atoms with Gasteiger partial charge < -0.3 is 4.52 Å². The third-order valence-corrected chi connectivity index (χ3v) is 6.82. The summed E-state index contributed by atoms with van der Waals surface area (Å²) in [6.07, 6.45) is -3.06. The molecular weight excluding hydrogens is 429 g/mol. The maximum Gasteiger partial charge on any atom is 0.432 e. The fourth-order valence-corrected chi connectivity index (χ4v) is 4.79. The topological polar surface area (TPSA) is 101 Å². The number of sulfonamides is 1. The van der Waals surface area contributed by atoms with Crippen LogP contribution in [0, 0.1) is 0 Å². The Balaban J connectivity index is 1.53. The Morgan fingerprint density at radius 2 is 1.83 bits per heavy atom. The molecule has 0 spiro atoms. The summed E-state index contributed by atoms with van der Waals surface area (Å²) in [5, 5.41) is 9.11. The number of halogens is 3. The number of hydrogen-bond donors (Lipinski definition) is 2. The summed E-state index contributed by atoms with van der Waals surface area (Å²) in [6, 6.07) is 11.7. The van der Waals surface area contributed by atoms with E-state index < -0.39 is 21.9 Å². The van der Waals surface area contributed by atoms with Crippen LogP contribution in [0.4, 0.5) is 18.9 Å². The zero-order valence-corrected chi connectivity index (χ0v) is 15.9. The predicted octanol–water partition coefficient (Wildman–Crippen LogP) is 4.61. The van der Waals surface area contributed by atoms with Crippen LogP contribution in [0.5, 0.6) is 0 Å². The molecule has 2 N–H and O–H groups in total. The SMILES string of the molecule is O=S(=O)(Nc1ccc(-c2ccno2)cc1)c1ccc(-c2cc(C(F)(F)F)[nH]n2)s1. The van der Waals surface area contributed by atoms with E-state index in [4.69, 9.17) is 4.52 Å². The molecule has 3 aromatic heterocycles. The first-order chi connectivity index (χ1) is 13.7. The molecule has 0 aliphatic carbocycles. The van der Waals surface area contributed by atoms with Crippen molar-refractivity contribution in [3.05, 3.63) is 60.4 Å². The Morgan fingerprint density at radius 3 is 2.45 bits per heavy atom. The Bertz CT molecular complexity index is 1230. The number of thiophene rings is 1.